The second-order valence-electron chi connectivity index (χ2n) is 3.34. The normalized spacial score (nSPS) is 10.5. The maximum atomic E-state index is 9.21. The first-order valence-corrected chi connectivity index (χ1v) is 4.62. The smallest absolute Gasteiger partial charge is 0.181 e. The summed E-state index contributed by atoms with van der Waals surface area (Å²) >= 11 is 0. The molecule has 0 aliphatic rings. The van der Waals surface area contributed by atoms with E-state index in [1.165, 1.54) is 6.39 Å². The van der Waals surface area contributed by atoms with Crippen LogP contribution in [0.4, 0.5) is 5.69 Å². The Balaban J connectivity index is 2.58. The number of aryl methyl sites for hydroxylation is 1. The summed E-state index contributed by atoms with van der Waals surface area (Å²) in [4.78, 5) is 4.01. The Kier molecular flexibility index (Phi) is 2.43. The van der Waals surface area contributed by atoms with Gasteiger partial charge in [-0.2, -0.15) is 0 Å². The molecule has 0 aliphatic heterocycles. The van der Waals surface area contributed by atoms with Crippen LogP contribution in [0, 0.1) is 6.92 Å². The van der Waals surface area contributed by atoms with Crippen molar-refractivity contribution in [3.05, 3.63) is 35.9 Å². The lowest BCUT2D eigenvalue weighted by Gasteiger charge is -2.06. The van der Waals surface area contributed by atoms with Gasteiger partial charge in [0.1, 0.15) is 0 Å². The van der Waals surface area contributed by atoms with E-state index in [0.717, 1.165) is 16.8 Å². The van der Waals surface area contributed by atoms with E-state index in [4.69, 9.17) is 10.2 Å². The van der Waals surface area contributed by atoms with Gasteiger partial charge in [-0.1, -0.05) is 0 Å². The highest BCUT2D eigenvalue weighted by atomic mass is 16.3. The minimum atomic E-state index is -0.0689. The number of anilines is 1. The van der Waals surface area contributed by atoms with Crippen LogP contribution in [0.15, 0.2) is 29.0 Å². The number of aromatic nitrogens is 1. The topological polar surface area (TPSA) is 72.3 Å². The number of rotatable bonds is 2. The summed E-state index contributed by atoms with van der Waals surface area (Å²) in [6, 6.07) is 5.34. The maximum absolute atomic E-state index is 9.21. The third-order valence-electron chi connectivity index (χ3n) is 2.29. The lowest BCUT2D eigenvalue weighted by atomic mass is 10.0. The van der Waals surface area contributed by atoms with Gasteiger partial charge in [0.05, 0.1) is 12.3 Å². The third-order valence-corrected chi connectivity index (χ3v) is 2.29. The van der Waals surface area contributed by atoms with Crippen LogP contribution in [-0.4, -0.2) is 10.1 Å². The molecule has 78 valence electrons. The summed E-state index contributed by atoms with van der Waals surface area (Å²) in [7, 11) is 0. The van der Waals surface area contributed by atoms with Gasteiger partial charge in [0.15, 0.2) is 12.2 Å². The minimum absolute atomic E-state index is 0.0689. The highest BCUT2D eigenvalue weighted by Gasteiger charge is 2.11. The molecule has 2 rings (SSSR count). The number of hydrogen-bond acceptors (Lipinski definition) is 4. The van der Waals surface area contributed by atoms with Crippen LogP contribution in [0.5, 0.6) is 0 Å². The first kappa shape index (κ1) is 9.73. The second-order valence-corrected chi connectivity index (χ2v) is 3.34. The van der Waals surface area contributed by atoms with Crippen LogP contribution >= 0.6 is 0 Å². The summed E-state index contributed by atoms with van der Waals surface area (Å²) < 4.78 is 5.27. The van der Waals surface area contributed by atoms with Gasteiger partial charge in [0.2, 0.25) is 0 Å². The Morgan fingerprint density at radius 2 is 2.27 bits per heavy atom. The molecule has 0 fully saturated rings. The Morgan fingerprint density at radius 3 is 2.87 bits per heavy atom. The predicted octanol–water partition coefficient (Wildman–Crippen LogP) is 1.72. The van der Waals surface area contributed by atoms with Crippen LogP contribution in [0.1, 0.15) is 11.3 Å². The zero-order valence-electron chi connectivity index (χ0n) is 8.40. The number of aliphatic hydroxyl groups excluding tert-OH is 1. The molecular formula is C11H12N2O2. The van der Waals surface area contributed by atoms with Gasteiger partial charge < -0.3 is 15.3 Å². The number of hydrogen-bond donors (Lipinski definition) is 2. The molecule has 15 heavy (non-hydrogen) atoms. The zero-order valence-corrected chi connectivity index (χ0v) is 8.40. The lowest BCUT2D eigenvalue weighted by molar-refractivity contribution is 0.282. The first-order valence-electron chi connectivity index (χ1n) is 4.62. The number of nitrogens with two attached hydrogens (primary N) is 1. The number of aliphatic hydroxyl groups is 1. The van der Waals surface area contributed by atoms with Gasteiger partial charge in [-0.3, -0.25) is 0 Å². The van der Waals surface area contributed by atoms with Crippen molar-refractivity contribution in [1.82, 2.24) is 4.98 Å². The summed E-state index contributed by atoms with van der Waals surface area (Å²) in [6.07, 6.45) is 1.39. The van der Waals surface area contributed by atoms with E-state index >= 15 is 0 Å². The number of nitrogens with zero attached hydrogens (tertiary/aromatic N) is 1. The molecule has 2 aromatic rings. The quantitative estimate of drug-likeness (QED) is 0.730. The molecule has 0 saturated carbocycles. The Morgan fingerprint density at radius 1 is 1.47 bits per heavy atom. The largest absolute Gasteiger partial charge is 0.443 e. The molecule has 0 amide bonds. The fourth-order valence-electron chi connectivity index (χ4n) is 1.53. The van der Waals surface area contributed by atoms with E-state index in [2.05, 4.69) is 4.98 Å². The molecular weight excluding hydrogens is 192 g/mol. The molecule has 0 aliphatic carbocycles. The zero-order chi connectivity index (χ0) is 10.8. The standard InChI is InChI=1S/C11H12N2O2/c1-7-11(15-6-13-7)10-3-2-9(12)4-8(10)5-14/h2-4,6,14H,5,12H2,1H3. The van der Waals surface area contributed by atoms with E-state index in [-0.39, 0.29) is 6.61 Å². The molecule has 0 radical (unpaired) electrons. The molecule has 0 saturated heterocycles. The van der Waals surface area contributed by atoms with Gasteiger partial charge >= 0.3 is 0 Å². The molecule has 1 aromatic carbocycles. The lowest BCUT2D eigenvalue weighted by Crippen LogP contribution is -1.93. The second kappa shape index (κ2) is 3.74. The summed E-state index contributed by atoms with van der Waals surface area (Å²) in [5.74, 6) is 0.680. The van der Waals surface area contributed by atoms with Crippen molar-refractivity contribution in [3.63, 3.8) is 0 Å². The highest BCUT2D eigenvalue weighted by Crippen LogP contribution is 2.27. The summed E-state index contributed by atoms with van der Waals surface area (Å²) in [6.45, 7) is 1.79. The van der Waals surface area contributed by atoms with Crippen molar-refractivity contribution >= 4 is 5.69 Å². The van der Waals surface area contributed by atoms with E-state index in [9.17, 15) is 5.11 Å². The first-order chi connectivity index (χ1) is 7.22. The molecule has 0 unspecified atom stereocenters. The van der Waals surface area contributed by atoms with Crippen LogP contribution in [0.3, 0.4) is 0 Å². The number of nitrogen functional groups attached to an aromatic ring is 1. The SMILES string of the molecule is Cc1ncoc1-c1ccc(N)cc1CO. The van der Waals surface area contributed by atoms with Crippen molar-refractivity contribution in [3.8, 4) is 11.3 Å². The van der Waals surface area contributed by atoms with Crippen LogP contribution in [0.2, 0.25) is 0 Å². The van der Waals surface area contributed by atoms with Crippen molar-refractivity contribution in [2.24, 2.45) is 0 Å². The molecule has 0 atom stereocenters. The van der Waals surface area contributed by atoms with Crippen molar-refractivity contribution in [1.29, 1.82) is 0 Å². The van der Waals surface area contributed by atoms with Gasteiger partial charge in [0.25, 0.3) is 0 Å². The highest BCUT2D eigenvalue weighted by molar-refractivity contribution is 5.66. The predicted molar refractivity (Wildman–Crippen MR) is 57.0 cm³/mol. The van der Waals surface area contributed by atoms with Crippen LogP contribution in [-0.2, 0) is 6.61 Å². The average molecular weight is 204 g/mol. The number of benzene rings is 1. The molecule has 0 bridgehead atoms. The fourth-order valence-corrected chi connectivity index (χ4v) is 1.53. The monoisotopic (exact) mass is 204 g/mol. The Hall–Kier alpha value is -1.81. The Labute approximate surface area is 87.4 Å². The van der Waals surface area contributed by atoms with E-state index < -0.39 is 0 Å². The molecule has 3 N–H and O–H groups in total. The summed E-state index contributed by atoms with van der Waals surface area (Å²) in [5.41, 5.74) is 8.64. The van der Waals surface area contributed by atoms with Gasteiger partial charge in [-0.15, -0.1) is 0 Å². The van der Waals surface area contributed by atoms with E-state index in [1.807, 2.05) is 13.0 Å². The minimum Gasteiger partial charge on any atom is -0.443 e. The number of oxazole rings is 1. The molecule has 4 nitrogen and oxygen atoms in total. The molecule has 4 heteroatoms. The van der Waals surface area contributed by atoms with Gasteiger partial charge in [-0.25, -0.2) is 4.98 Å². The average Bonchev–Trinajstić information content (AvgIpc) is 2.64. The molecule has 1 aromatic heterocycles. The fraction of sp³-hybridized carbons (Fsp3) is 0.182. The Bertz CT molecular complexity index is 477. The van der Waals surface area contributed by atoms with Crippen LogP contribution in [0.25, 0.3) is 11.3 Å². The van der Waals surface area contributed by atoms with Crippen molar-refractivity contribution in [2.45, 2.75) is 13.5 Å². The van der Waals surface area contributed by atoms with Crippen molar-refractivity contribution in [2.75, 3.05) is 5.73 Å². The van der Waals surface area contributed by atoms with Gasteiger partial charge in [0, 0.05) is 11.3 Å². The van der Waals surface area contributed by atoms with Crippen LogP contribution < -0.4 is 5.73 Å². The third kappa shape index (κ3) is 1.71. The molecule has 1 heterocycles. The van der Waals surface area contributed by atoms with E-state index in [1.54, 1.807) is 12.1 Å². The van der Waals surface area contributed by atoms with Crippen molar-refractivity contribution < 1.29 is 9.52 Å². The molecule has 0 spiro atoms. The van der Waals surface area contributed by atoms with E-state index in [0.29, 0.717) is 11.4 Å². The van der Waals surface area contributed by atoms with Gasteiger partial charge in [-0.05, 0) is 30.7 Å². The summed E-state index contributed by atoms with van der Waals surface area (Å²) in [5, 5.41) is 9.21. The maximum Gasteiger partial charge on any atom is 0.181 e.